The van der Waals surface area contributed by atoms with E-state index in [2.05, 4.69) is 21.1 Å². The zero-order chi connectivity index (χ0) is 22.3. The van der Waals surface area contributed by atoms with Crippen LogP contribution in [0.15, 0.2) is 57.9 Å². The Labute approximate surface area is 192 Å². The normalized spacial score (nSPS) is 14.7. The number of amides is 1. The van der Waals surface area contributed by atoms with E-state index in [-0.39, 0.29) is 5.91 Å². The summed E-state index contributed by atoms with van der Waals surface area (Å²) in [5, 5.41) is 12.9. The highest BCUT2D eigenvalue weighted by Gasteiger charge is 2.22. The molecule has 0 atom stereocenters. The van der Waals surface area contributed by atoms with E-state index in [1.54, 1.807) is 18.7 Å². The molecule has 1 amide bonds. The number of hydrogen-bond acceptors (Lipinski definition) is 7. The Bertz CT molecular complexity index is 1110. The van der Waals surface area contributed by atoms with Crippen molar-refractivity contribution in [2.45, 2.75) is 30.5 Å². The minimum atomic E-state index is 0.0672. The highest BCUT2D eigenvalue weighted by Crippen LogP contribution is 2.27. The molecule has 0 spiro atoms. The van der Waals surface area contributed by atoms with Crippen molar-refractivity contribution < 1.29 is 9.32 Å². The summed E-state index contributed by atoms with van der Waals surface area (Å²) in [6.45, 7) is 5.79. The van der Waals surface area contributed by atoms with Crippen LogP contribution in [0, 0.1) is 18.3 Å². The van der Waals surface area contributed by atoms with Crippen LogP contribution in [0.4, 0.5) is 0 Å². The molecule has 1 aliphatic rings. The number of thioether (sulfide) groups is 1. The zero-order valence-electron chi connectivity index (χ0n) is 18.0. The number of nitriles is 1. The molecule has 3 aromatic rings. The van der Waals surface area contributed by atoms with E-state index in [1.165, 1.54) is 5.56 Å². The third kappa shape index (κ3) is 5.55. The number of carbonyl (C=O) groups is 1. The maximum absolute atomic E-state index is 13.3. The first-order valence-corrected chi connectivity index (χ1v) is 11.6. The van der Waals surface area contributed by atoms with E-state index in [4.69, 9.17) is 9.78 Å². The molecule has 4 rings (SSSR count). The minimum absolute atomic E-state index is 0.0672. The van der Waals surface area contributed by atoms with Crippen LogP contribution in [0.2, 0.25) is 0 Å². The van der Waals surface area contributed by atoms with Crippen molar-refractivity contribution in [3.05, 3.63) is 76.9 Å². The molecular formula is C24H25N5O2S. The van der Waals surface area contributed by atoms with Gasteiger partial charge in [0.05, 0.1) is 22.9 Å². The molecule has 8 heteroatoms. The van der Waals surface area contributed by atoms with Crippen molar-refractivity contribution in [3.8, 4) is 6.07 Å². The monoisotopic (exact) mass is 447 g/mol. The van der Waals surface area contributed by atoms with Gasteiger partial charge < -0.3 is 9.42 Å². The number of carbonyl (C=O) groups excluding carboxylic acids is 1. The van der Waals surface area contributed by atoms with E-state index < -0.39 is 0 Å². The summed E-state index contributed by atoms with van der Waals surface area (Å²) in [5.41, 5.74) is 2.58. The van der Waals surface area contributed by atoms with Crippen molar-refractivity contribution in [3.63, 3.8) is 0 Å². The second-order valence-electron chi connectivity index (χ2n) is 7.75. The van der Waals surface area contributed by atoms with Gasteiger partial charge in [0.1, 0.15) is 0 Å². The number of nitrogens with zero attached hydrogens (tertiary/aromatic N) is 5. The SMILES string of the molecule is Cc1nc(CSc2ccccc2C(=O)N2CCCN(Cc3ccc(C#N)cc3)CC2)no1. The van der Waals surface area contributed by atoms with Crippen LogP contribution >= 0.6 is 11.8 Å². The highest BCUT2D eigenvalue weighted by molar-refractivity contribution is 7.98. The molecule has 2 aromatic carbocycles. The Balaban J connectivity index is 1.37. The lowest BCUT2D eigenvalue weighted by Crippen LogP contribution is -2.35. The van der Waals surface area contributed by atoms with E-state index >= 15 is 0 Å². The molecular weight excluding hydrogens is 422 g/mol. The Morgan fingerprint density at radius 3 is 2.69 bits per heavy atom. The van der Waals surface area contributed by atoms with E-state index in [0.717, 1.165) is 43.1 Å². The van der Waals surface area contributed by atoms with E-state index in [9.17, 15) is 4.79 Å². The van der Waals surface area contributed by atoms with Gasteiger partial charge in [-0.3, -0.25) is 9.69 Å². The van der Waals surface area contributed by atoms with Gasteiger partial charge in [0.15, 0.2) is 5.82 Å². The Hall–Kier alpha value is -3.15. The zero-order valence-corrected chi connectivity index (χ0v) is 18.8. The predicted octanol–water partition coefficient (Wildman–Crippen LogP) is 3.89. The van der Waals surface area contributed by atoms with E-state index in [0.29, 0.717) is 29.6 Å². The molecule has 1 fully saturated rings. The predicted molar refractivity (Wildman–Crippen MR) is 122 cm³/mol. The third-order valence-corrected chi connectivity index (χ3v) is 6.48. The van der Waals surface area contributed by atoms with Crippen LogP contribution in [0.25, 0.3) is 0 Å². The molecule has 2 heterocycles. The maximum atomic E-state index is 13.3. The summed E-state index contributed by atoms with van der Waals surface area (Å²) in [4.78, 5) is 22.8. The summed E-state index contributed by atoms with van der Waals surface area (Å²) in [5.74, 6) is 1.79. The summed E-state index contributed by atoms with van der Waals surface area (Å²) in [6.07, 6.45) is 0.930. The van der Waals surface area contributed by atoms with Gasteiger partial charge in [-0.15, -0.1) is 11.8 Å². The first-order valence-electron chi connectivity index (χ1n) is 10.6. The molecule has 0 N–H and O–H groups in total. The van der Waals surface area contributed by atoms with Crippen molar-refractivity contribution in [2.75, 3.05) is 26.2 Å². The summed E-state index contributed by atoms with van der Waals surface area (Å²) in [7, 11) is 0. The van der Waals surface area contributed by atoms with Gasteiger partial charge in [-0.2, -0.15) is 10.2 Å². The summed E-state index contributed by atoms with van der Waals surface area (Å²) >= 11 is 1.55. The van der Waals surface area contributed by atoms with Gasteiger partial charge in [0.2, 0.25) is 5.89 Å². The van der Waals surface area contributed by atoms with Crippen LogP contribution < -0.4 is 0 Å². The smallest absolute Gasteiger partial charge is 0.255 e. The van der Waals surface area contributed by atoms with Gasteiger partial charge in [-0.1, -0.05) is 29.4 Å². The van der Waals surface area contributed by atoms with Gasteiger partial charge in [0, 0.05) is 44.5 Å². The van der Waals surface area contributed by atoms with Crippen molar-refractivity contribution in [1.29, 1.82) is 5.26 Å². The average molecular weight is 448 g/mol. The first kappa shape index (κ1) is 22.1. The van der Waals surface area contributed by atoms with Crippen LogP contribution in [-0.4, -0.2) is 52.0 Å². The number of hydrogen-bond donors (Lipinski definition) is 0. The van der Waals surface area contributed by atoms with Crippen molar-refractivity contribution >= 4 is 17.7 Å². The second-order valence-corrected chi connectivity index (χ2v) is 8.76. The molecule has 0 saturated carbocycles. The fourth-order valence-corrected chi connectivity index (χ4v) is 4.64. The van der Waals surface area contributed by atoms with Crippen molar-refractivity contribution in [1.82, 2.24) is 19.9 Å². The molecule has 7 nitrogen and oxygen atoms in total. The molecule has 0 radical (unpaired) electrons. The Kier molecular flexibility index (Phi) is 7.20. The molecule has 164 valence electrons. The van der Waals surface area contributed by atoms with E-state index in [1.807, 2.05) is 53.4 Å². The van der Waals surface area contributed by atoms with Crippen LogP contribution in [0.3, 0.4) is 0 Å². The first-order chi connectivity index (χ1) is 15.6. The summed E-state index contributed by atoms with van der Waals surface area (Å²) in [6, 6.07) is 17.6. The van der Waals surface area contributed by atoms with Crippen LogP contribution in [0.5, 0.6) is 0 Å². The number of rotatable bonds is 6. The fourth-order valence-electron chi connectivity index (χ4n) is 3.76. The molecule has 0 unspecified atom stereocenters. The quantitative estimate of drug-likeness (QED) is 0.530. The third-order valence-electron chi connectivity index (χ3n) is 5.41. The largest absolute Gasteiger partial charge is 0.340 e. The number of aryl methyl sites for hydroxylation is 1. The topological polar surface area (TPSA) is 86.3 Å². The highest BCUT2D eigenvalue weighted by atomic mass is 32.2. The molecule has 1 aliphatic heterocycles. The fraction of sp³-hybridized carbons (Fsp3) is 0.333. The van der Waals surface area contributed by atoms with Crippen LogP contribution in [-0.2, 0) is 12.3 Å². The molecule has 1 saturated heterocycles. The van der Waals surface area contributed by atoms with Crippen LogP contribution in [0.1, 0.15) is 39.6 Å². The summed E-state index contributed by atoms with van der Waals surface area (Å²) < 4.78 is 5.04. The van der Waals surface area contributed by atoms with Gasteiger partial charge in [-0.25, -0.2) is 0 Å². The molecule has 32 heavy (non-hydrogen) atoms. The molecule has 0 bridgehead atoms. The Morgan fingerprint density at radius 1 is 1.12 bits per heavy atom. The standard InChI is InChI=1S/C24H25N5O2S/c1-18-26-23(27-31-18)17-32-22-6-3-2-5-21(22)24(30)29-12-4-11-28(13-14-29)16-20-9-7-19(15-25)8-10-20/h2-3,5-10H,4,11-14,16-17H2,1H3. The van der Waals surface area contributed by atoms with Crippen molar-refractivity contribution in [2.24, 2.45) is 0 Å². The van der Waals surface area contributed by atoms with Gasteiger partial charge in [-0.05, 0) is 36.2 Å². The number of benzene rings is 2. The average Bonchev–Trinajstić information content (AvgIpc) is 3.10. The molecule has 0 aliphatic carbocycles. The number of aromatic nitrogens is 2. The lowest BCUT2D eigenvalue weighted by atomic mass is 10.1. The van der Waals surface area contributed by atoms with Gasteiger partial charge in [0.25, 0.3) is 5.91 Å². The maximum Gasteiger partial charge on any atom is 0.255 e. The lowest BCUT2D eigenvalue weighted by Gasteiger charge is -2.23. The van der Waals surface area contributed by atoms with Gasteiger partial charge >= 0.3 is 0 Å². The minimum Gasteiger partial charge on any atom is -0.340 e. The second kappa shape index (κ2) is 10.4. The Morgan fingerprint density at radius 2 is 1.94 bits per heavy atom. The molecule has 1 aromatic heterocycles. The lowest BCUT2D eigenvalue weighted by molar-refractivity contribution is 0.0757.